The molecule has 1 aromatic carbocycles. The number of rotatable bonds is 1. The molecule has 0 atom stereocenters. The molecular weight excluding hydrogens is 228 g/mol. The lowest BCUT2D eigenvalue weighted by Gasteiger charge is -2.07. The van der Waals surface area contributed by atoms with Gasteiger partial charge in [0, 0.05) is 0 Å². The first-order valence-corrected chi connectivity index (χ1v) is 5.52. The average molecular weight is 238 g/mol. The van der Waals surface area contributed by atoms with Crippen LogP contribution in [0, 0.1) is 29.6 Å². The molecule has 0 aliphatic carbocycles. The van der Waals surface area contributed by atoms with Gasteiger partial charge in [0.25, 0.3) is 0 Å². The van der Waals surface area contributed by atoms with Crippen molar-refractivity contribution in [1.29, 1.82) is 10.5 Å². The van der Waals surface area contributed by atoms with Crippen molar-refractivity contribution < 1.29 is 4.42 Å². The zero-order valence-corrected chi connectivity index (χ0v) is 10.1. The molecule has 2 rings (SSSR count). The Labute approximate surface area is 104 Å². The third-order valence-corrected chi connectivity index (χ3v) is 2.97. The van der Waals surface area contributed by atoms with Crippen LogP contribution >= 0.6 is 0 Å². The molecule has 0 fully saturated rings. The van der Waals surface area contributed by atoms with Crippen LogP contribution in [0.2, 0.25) is 0 Å². The molecule has 0 saturated heterocycles. The zero-order valence-electron chi connectivity index (χ0n) is 10.1. The maximum absolute atomic E-state index is 11.8. The van der Waals surface area contributed by atoms with Gasteiger partial charge in [-0.25, -0.2) is 4.79 Å². The first-order chi connectivity index (χ1) is 8.62. The number of nitrogens with zero attached hydrogens (tertiary/aromatic N) is 2. The molecule has 1 aromatic heterocycles. The van der Waals surface area contributed by atoms with Crippen molar-refractivity contribution in [3.8, 4) is 12.1 Å². The molecule has 4 heteroatoms. The fraction of sp³-hybridized carbons (Fsp3) is 0.214. The largest absolute Gasteiger partial charge is 0.427 e. The topological polar surface area (TPSA) is 77.8 Å². The minimum Gasteiger partial charge on any atom is -0.427 e. The highest BCUT2D eigenvalue weighted by atomic mass is 16.4. The normalized spacial score (nSPS) is 10.0. The van der Waals surface area contributed by atoms with Gasteiger partial charge in [-0.15, -0.1) is 0 Å². The monoisotopic (exact) mass is 238 g/mol. The molecule has 0 amide bonds. The smallest absolute Gasteiger partial charge is 0.343 e. The average Bonchev–Trinajstić information content (AvgIpc) is 2.37. The lowest BCUT2D eigenvalue weighted by atomic mass is 9.98. The summed E-state index contributed by atoms with van der Waals surface area (Å²) in [5.41, 5.74) is 0.902. The van der Waals surface area contributed by atoms with Gasteiger partial charge in [-0.1, -0.05) is 6.92 Å². The molecule has 0 N–H and O–H groups in total. The summed E-state index contributed by atoms with van der Waals surface area (Å²) in [5.74, 6) is 0.559. The van der Waals surface area contributed by atoms with Gasteiger partial charge in [-0.2, -0.15) is 10.5 Å². The Morgan fingerprint density at radius 1 is 1.17 bits per heavy atom. The molecule has 4 nitrogen and oxygen atoms in total. The maximum Gasteiger partial charge on any atom is 0.343 e. The van der Waals surface area contributed by atoms with Gasteiger partial charge >= 0.3 is 5.63 Å². The van der Waals surface area contributed by atoms with Crippen LogP contribution in [0.4, 0.5) is 0 Å². The zero-order chi connectivity index (χ0) is 13.3. The van der Waals surface area contributed by atoms with E-state index in [0.717, 1.165) is 5.56 Å². The maximum atomic E-state index is 11.8. The lowest BCUT2D eigenvalue weighted by molar-refractivity contribution is 0.482. The van der Waals surface area contributed by atoms with Crippen LogP contribution in [-0.4, -0.2) is 0 Å². The Balaban J connectivity index is 3.03. The van der Waals surface area contributed by atoms with Crippen LogP contribution in [-0.2, 0) is 6.42 Å². The fourth-order valence-electron chi connectivity index (χ4n) is 2.09. The van der Waals surface area contributed by atoms with Crippen molar-refractivity contribution in [2.24, 2.45) is 0 Å². The fourth-order valence-corrected chi connectivity index (χ4v) is 2.09. The Hall–Kier alpha value is -2.59. The number of aryl methyl sites for hydroxylation is 2. The van der Waals surface area contributed by atoms with E-state index in [9.17, 15) is 4.79 Å². The third kappa shape index (κ3) is 1.65. The molecule has 0 saturated carbocycles. The summed E-state index contributed by atoms with van der Waals surface area (Å²) in [7, 11) is 0. The van der Waals surface area contributed by atoms with E-state index >= 15 is 0 Å². The van der Waals surface area contributed by atoms with Gasteiger partial charge in [0.05, 0.1) is 16.5 Å². The van der Waals surface area contributed by atoms with Crippen molar-refractivity contribution in [2.45, 2.75) is 20.3 Å². The Morgan fingerprint density at radius 2 is 1.72 bits per heavy atom. The molecule has 0 bridgehead atoms. The highest BCUT2D eigenvalue weighted by molar-refractivity contribution is 5.88. The molecular formula is C14H10N2O2. The number of fused-ring (bicyclic) bond motifs is 1. The Morgan fingerprint density at radius 3 is 2.22 bits per heavy atom. The summed E-state index contributed by atoms with van der Waals surface area (Å²) in [5, 5.41) is 19.0. The third-order valence-electron chi connectivity index (χ3n) is 2.97. The summed E-state index contributed by atoms with van der Waals surface area (Å²) in [6, 6.07) is 6.91. The molecule has 18 heavy (non-hydrogen) atoms. The molecule has 0 unspecified atom stereocenters. The molecule has 0 spiro atoms. The van der Waals surface area contributed by atoms with E-state index in [1.165, 1.54) is 6.07 Å². The standard InChI is InChI=1S/C14H10N2O2/c1-3-11-8(2)18-14(17)13-5-10(7-16)9(6-15)4-12(11)13/h4-5H,3H2,1-2H3. The van der Waals surface area contributed by atoms with E-state index in [2.05, 4.69) is 0 Å². The quantitative estimate of drug-likeness (QED) is 0.764. The van der Waals surface area contributed by atoms with E-state index in [0.29, 0.717) is 23.0 Å². The second-order valence-electron chi connectivity index (χ2n) is 3.94. The van der Waals surface area contributed by atoms with Crippen LogP contribution in [0.3, 0.4) is 0 Å². The number of hydrogen-bond acceptors (Lipinski definition) is 4. The second kappa shape index (κ2) is 4.35. The van der Waals surface area contributed by atoms with E-state index in [1.807, 2.05) is 19.1 Å². The van der Waals surface area contributed by atoms with Crippen LogP contribution in [0.5, 0.6) is 0 Å². The summed E-state index contributed by atoms with van der Waals surface area (Å²) >= 11 is 0. The van der Waals surface area contributed by atoms with Gasteiger partial charge in [0.2, 0.25) is 0 Å². The molecule has 0 aliphatic heterocycles. The van der Waals surface area contributed by atoms with Crippen LogP contribution in [0.25, 0.3) is 10.8 Å². The highest BCUT2D eigenvalue weighted by Crippen LogP contribution is 2.23. The van der Waals surface area contributed by atoms with E-state index < -0.39 is 5.63 Å². The van der Waals surface area contributed by atoms with Gasteiger partial charge < -0.3 is 4.42 Å². The summed E-state index contributed by atoms with van der Waals surface area (Å²) in [4.78, 5) is 11.8. The van der Waals surface area contributed by atoms with Gasteiger partial charge in [0.1, 0.15) is 17.9 Å². The van der Waals surface area contributed by atoms with Crippen molar-refractivity contribution in [2.75, 3.05) is 0 Å². The molecule has 2 aromatic rings. The van der Waals surface area contributed by atoms with Crippen LogP contribution in [0.15, 0.2) is 21.3 Å². The Kier molecular flexibility index (Phi) is 2.87. The number of hydrogen-bond donors (Lipinski definition) is 0. The molecule has 0 aliphatic rings. The lowest BCUT2D eigenvalue weighted by Crippen LogP contribution is -2.05. The predicted octanol–water partition coefficient (Wildman–Crippen LogP) is 2.41. The van der Waals surface area contributed by atoms with Crippen molar-refractivity contribution in [3.05, 3.63) is 45.0 Å². The van der Waals surface area contributed by atoms with Crippen LogP contribution in [0.1, 0.15) is 29.4 Å². The highest BCUT2D eigenvalue weighted by Gasteiger charge is 2.13. The molecule has 88 valence electrons. The van der Waals surface area contributed by atoms with E-state index in [4.69, 9.17) is 14.9 Å². The van der Waals surface area contributed by atoms with Crippen molar-refractivity contribution >= 4 is 10.8 Å². The van der Waals surface area contributed by atoms with Gasteiger partial charge in [0.15, 0.2) is 0 Å². The number of benzene rings is 1. The Bertz CT molecular complexity index is 773. The summed E-state index contributed by atoms with van der Waals surface area (Å²) < 4.78 is 5.14. The van der Waals surface area contributed by atoms with E-state index in [-0.39, 0.29) is 11.1 Å². The molecule has 1 heterocycles. The van der Waals surface area contributed by atoms with Gasteiger partial charge in [-0.3, -0.25) is 0 Å². The van der Waals surface area contributed by atoms with Crippen LogP contribution < -0.4 is 5.63 Å². The molecule has 0 radical (unpaired) electrons. The summed E-state index contributed by atoms with van der Waals surface area (Å²) in [6.07, 6.45) is 0.697. The second-order valence-corrected chi connectivity index (χ2v) is 3.94. The SMILES string of the molecule is CCc1c(C)oc(=O)c2cc(C#N)c(C#N)cc12. The first kappa shape index (κ1) is 11.9. The van der Waals surface area contributed by atoms with Crippen molar-refractivity contribution in [3.63, 3.8) is 0 Å². The minimum absolute atomic E-state index is 0.197. The summed E-state index contributed by atoms with van der Waals surface area (Å²) in [6.45, 7) is 3.68. The number of nitriles is 2. The minimum atomic E-state index is -0.472. The van der Waals surface area contributed by atoms with E-state index in [1.54, 1.807) is 13.0 Å². The van der Waals surface area contributed by atoms with Crippen molar-refractivity contribution in [1.82, 2.24) is 0 Å². The predicted molar refractivity (Wildman–Crippen MR) is 66.0 cm³/mol. The first-order valence-electron chi connectivity index (χ1n) is 5.52. The van der Waals surface area contributed by atoms with Gasteiger partial charge in [-0.05, 0) is 36.4 Å².